The second kappa shape index (κ2) is 7.98. The summed E-state index contributed by atoms with van der Waals surface area (Å²) >= 11 is 0. The molecule has 0 bridgehead atoms. The zero-order chi connectivity index (χ0) is 21.4. The van der Waals surface area contributed by atoms with Crippen molar-refractivity contribution in [2.75, 3.05) is 12.4 Å². The third-order valence-electron chi connectivity index (χ3n) is 5.86. The highest BCUT2D eigenvalue weighted by Gasteiger charge is 2.27. The highest BCUT2D eigenvalue weighted by Crippen LogP contribution is 2.36. The summed E-state index contributed by atoms with van der Waals surface area (Å²) in [7, 11) is 3.80. The van der Waals surface area contributed by atoms with Gasteiger partial charge in [-0.15, -0.1) is 0 Å². The third-order valence-corrected chi connectivity index (χ3v) is 5.86. The maximum Gasteiger partial charge on any atom is 0.316 e. The van der Waals surface area contributed by atoms with Gasteiger partial charge in [0.2, 0.25) is 0 Å². The largest absolute Gasteiger partial charge is 0.460 e. The molecule has 160 valence electrons. The van der Waals surface area contributed by atoms with Crippen LogP contribution in [0.3, 0.4) is 0 Å². The highest BCUT2D eigenvalue weighted by atomic mass is 16.5. The van der Waals surface area contributed by atoms with Crippen LogP contribution >= 0.6 is 0 Å². The summed E-state index contributed by atoms with van der Waals surface area (Å²) < 4.78 is 10.0. The van der Waals surface area contributed by atoms with Crippen molar-refractivity contribution in [3.8, 4) is 17.3 Å². The van der Waals surface area contributed by atoms with Crippen molar-refractivity contribution in [3.05, 3.63) is 42.6 Å². The van der Waals surface area contributed by atoms with E-state index in [1.807, 2.05) is 45.7 Å². The van der Waals surface area contributed by atoms with Gasteiger partial charge in [0.1, 0.15) is 17.6 Å². The molecule has 1 N–H and O–H groups in total. The molecule has 0 unspecified atom stereocenters. The Morgan fingerprint density at radius 2 is 1.97 bits per heavy atom. The Hall–Kier alpha value is -3.49. The van der Waals surface area contributed by atoms with E-state index in [-0.39, 0.29) is 6.10 Å². The molecule has 0 amide bonds. The number of pyridine rings is 1. The first kappa shape index (κ1) is 19.5. The summed E-state index contributed by atoms with van der Waals surface area (Å²) in [6, 6.07) is 4.72. The Labute approximate surface area is 180 Å². The SMILES string of the molecule is CNc1cc2c(cn1)c(-c1cnn(C)c1)nn2[C@H]1CC[C@@H](Oc2nccc(C)n2)CC1. The van der Waals surface area contributed by atoms with Crippen LogP contribution in [-0.4, -0.2) is 47.7 Å². The predicted molar refractivity (Wildman–Crippen MR) is 118 cm³/mol. The lowest BCUT2D eigenvalue weighted by Gasteiger charge is -2.29. The van der Waals surface area contributed by atoms with Crippen LogP contribution in [-0.2, 0) is 7.05 Å². The highest BCUT2D eigenvalue weighted by molar-refractivity contribution is 5.93. The van der Waals surface area contributed by atoms with E-state index in [0.717, 1.165) is 59.4 Å². The molecule has 1 saturated carbocycles. The molecule has 4 aromatic heterocycles. The maximum absolute atomic E-state index is 6.04. The van der Waals surface area contributed by atoms with Crippen molar-refractivity contribution >= 4 is 16.7 Å². The van der Waals surface area contributed by atoms with Crippen LogP contribution in [0.15, 0.2) is 36.9 Å². The Bertz CT molecular complexity index is 1210. The van der Waals surface area contributed by atoms with E-state index in [2.05, 4.69) is 36.1 Å². The molecule has 0 atom stereocenters. The van der Waals surface area contributed by atoms with Gasteiger partial charge in [0, 0.05) is 55.4 Å². The zero-order valence-corrected chi connectivity index (χ0v) is 18.0. The average molecular weight is 419 g/mol. The van der Waals surface area contributed by atoms with E-state index in [4.69, 9.17) is 9.84 Å². The fourth-order valence-corrected chi connectivity index (χ4v) is 4.24. The maximum atomic E-state index is 6.04. The zero-order valence-electron chi connectivity index (χ0n) is 18.0. The molecule has 0 radical (unpaired) electrons. The average Bonchev–Trinajstić information content (AvgIpc) is 3.37. The van der Waals surface area contributed by atoms with Gasteiger partial charge < -0.3 is 10.1 Å². The molecule has 1 fully saturated rings. The van der Waals surface area contributed by atoms with Gasteiger partial charge in [-0.1, -0.05) is 0 Å². The second-order valence-corrected chi connectivity index (χ2v) is 8.06. The minimum atomic E-state index is 0.132. The number of hydrogen-bond donors (Lipinski definition) is 1. The number of ether oxygens (including phenoxy) is 1. The number of aromatic nitrogens is 7. The van der Waals surface area contributed by atoms with E-state index in [9.17, 15) is 0 Å². The molecule has 31 heavy (non-hydrogen) atoms. The van der Waals surface area contributed by atoms with Crippen LogP contribution in [0.1, 0.15) is 37.4 Å². The van der Waals surface area contributed by atoms with Crippen molar-refractivity contribution in [1.29, 1.82) is 0 Å². The van der Waals surface area contributed by atoms with Gasteiger partial charge in [-0.2, -0.15) is 10.2 Å². The number of nitrogens with one attached hydrogen (secondary N) is 1. The first-order valence-corrected chi connectivity index (χ1v) is 10.6. The van der Waals surface area contributed by atoms with Crippen LogP contribution < -0.4 is 10.1 Å². The monoisotopic (exact) mass is 418 g/mol. The molecule has 1 aliphatic carbocycles. The summed E-state index contributed by atoms with van der Waals surface area (Å²) in [5, 5.41) is 13.5. The Morgan fingerprint density at radius 3 is 2.68 bits per heavy atom. The second-order valence-electron chi connectivity index (χ2n) is 8.06. The molecule has 9 nitrogen and oxygen atoms in total. The first-order chi connectivity index (χ1) is 15.1. The van der Waals surface area contributed by atoms with E-state index in [1.165, 1.54) is 0 Å². The first-order valence-electron chi connectivity index (χ1n) is 10.6. The number of hydrogen-bond acceptors (Lipinski definition) is 7. The van der Waals surface area contributed by atoms with Crippen LogP contribution in [0.25, 0.3) is 22.2 Å². The lowest BCUT2D eigenvalue weighted by atomic mass is 9.93. The lowest BCUT2D eigenvalue weighted by molar-refractivity contribution is 0.120. The molecule has 9 heteroatoms. The lowest BCUT2D eigenvalue weighted by Crippen LogP contribution is -2.27. The summed E-state index contributed by atoms with van der Waals surface area (Å²) in [4.78, 5) is 13.1. The van der Waals surface area contributed by atoms with Crippen LogP contribution in [0.2, 0.25) is 0 Å². The van der Waals surface area contributed by atoms with Crippen molar-refractivity contribution in [3.63, 3.8) is 0 Å². The van der Waals surface area contributed by atoms with Gasteiger partial charge in [0.05, 0.1) is 17.8 Å². The molecule has 4 heterocycles. The van der Waals surface area contributed by atoms with Crippen molar-refractivity contribution in [2.45, 2.75) is 44.8 Å². The molecule has 4 aromatic rings. The molecule has 5 rings (SSSR count). The molecular formula is C22H26N8O. The standard InChI is InChI=1S/C22H26N8O/c1-14-8-9-24-22(27-14)31-17-6-4-16(5-7-17)30-19-10-20(23-2)25-12-18(19)21(28-30)15-11-26-29(3)13-15/h8-13,16-17H,4-7H2,1-3H3,(H,23,25)/t16-,17+. The van der Waals surface area contributed by atoms with Crippen molar-refractivity contribution in [2.24, 2.45) is 7.05 Å². The van der Waals surface area contributed by atoms with Gasteiger partial charge in [0.25, 0.3) is 0 Å². The number of nitrogens with zero attached hydrogens (tertiary/aromatic N) is 7. The number of rotatable bonds is 5. The van der Waals surface area contributed by atoms with Gasteiger partial charge >= 0.3 is 6.01 Å². The summed E-state index contributed by atoms with van der Waals surface area (Å²) in [6.45, 7) is 1.95. The summed E-state index contributed by atoms with van der Waals surface area (Å²) in [5.74, 6) is 0.833. The van der Waals surface area contributed by atoms with Crippen LogP contribution in [0, 0.1) is 6.92 Å². The smallest absolute Gasteiger partial charge is 0.316 e. The number of aryl methyl sites for hydroxylation is 2. The number of anilines is 1. The Balaban J connectivity index is 1.41. The molecule has 1 aliphatic rings. The van der Waals surface area contributed by atoms with Crippen molar-refractivity contribution in [1.82, 2.24) is 34.5 Å². The normalized spacial score (nSPS) is 18.9. The molecule has 0 saturated heterocycles. The molecule has 0 aliphatic heterocycles. The fraction of sp³-hybridized carbons (Fsp3) is 0.409. The predicted octanol–water partition coefficient (Wildman–Crippen LogP) is 3.53. The minimum Gasteiger partial charge on any atom is -0.460 e. The molecule has 0 aromatic carbocycles. The third kappa shape index (κ3) is 3.83. The van der Waals surface area contributed by atoms with Crippen LogP contribution in [0.5, 0.6) is 6.01 Å². The van der Waals surface area contributed by atoms with E-state index in [1.54, 1.807) is 10.9 Å². The topological polar surface area (TPSA) is 95.6 Å². The van der Waals surface area contributed by atoms with E-state index >= 15 is 0 Å². The van der Waals surface area contributed by atoms with Crippen molar-refractivity contribution < 1.29 is 4.74 Å². The van der Waals surface area contributed by atoms with Gasteiger partial charge in [0.15, 0.2) is 0 Å². The van der Waals surface area contributed by atoms with Gasteiger partial charge in [-0.05, 0) is 38.7 Å². The van der Waals surface area contributed by atoms with Gasteiger partial charge in [-0.3, -0.25) is 9.36 Å². The summed E-state index contributed by atoms with van der Waals surface area (Å²) in [5.41, 5.74) is 3.92. The fourth-order valence-electron chi connectivity index (χ4n) is 4.24. The van der Waals surface area contributed by atoms with Gasteiger partial charge in [-0.25, -0.2) is 15.0 Å². The Morgan fingerprint density at radius 1 is 1.13 bits per heavy atom. The molecular weight excluding hydrogens is 392 g/mol. The quantitative estimate of drug-likeness (QED) is 0.530. The van der Waals surface area contributed by atoms with E-state index in [0.29, 0.717) is 12.1 Å². The minimum absolute atomic E-state index is 0.132. The Kier molecular flexibility index (Phi) is 5.01. The summed E-state index contributed by atoms with van der Waals surface area (Å²) in [6.07, 6.45) is 11.5. The van der Waals surface area contributed by atoms with E-state index < -0.39 is 0 Å². The van der Waals surface area contributed by atoms with Crippen LogP contribution in [0.4, 0.5) is 5.82 Å². The molecule has 0 spiro atoms. The number of fused-ring (bicyclic) bond motifs is 1.